The zero-order chi connectivity index (χ0) is 21.4. The van der Waals surface area contributed by atoms with Gasteiger partial charge < -0.3 is 23.7 Å². The molecule has 0 bridgehead atoms. The van der Waals surface area contributed by atoms with Gasteiger partial charge in [0.2, 0.25) is 11.7 Å². The Morgan fingerprint density at radius 1 is 1.10 bits per heavy atom. The number of nitrogens with zero attached hydrogens (tertiary/aromatic N) is 4. The van der Waals surface area contributed by atoms with Crippen LogP contribution in [-0.2, 0) is 13.1 Å². The van der Waals surface area contributed by atoms with E-state index < -0.39 is 0 Å². The van der Waals surface area contributed by atoms with Crippen molar-refractivity contribution in [2.45, 2.75) is 25.9 Å². The van der Waals surface area contributed by atoms with Crippen molar-refractivity contribution in [2.75, 3.05) is 32.2 Å². The summed E-state index contributed by atoms with van der Waals surface area (Å²) < 4.78 is 16.5. The topological polar surface area (TPSA) is 80.9 Å². The number of pyridine rings is 1. The predicted molar refractivity (Wildman–Crippen MR) is 114 cm³/mol. The molecule has 2 aliphatic heterocycles. The van der Waals surface area contributed by atoms with Crippen LogP contribution in [-0.4, -0.2) is 48.1 Å². The van der Waals surface area contributed by atoms with Gasteiger partial charge in [0.1, 0.15) is 23.0 Å². The lowest BCUT2D eigenvalue weighted by Crippen LogP contribution is -2.23. The van der Waals surface area contributed by atoms with Crippen LogP contribution in [0.15, 0.2) is 40.9 Å². The first-order chi connectivity index (χ1) is 15.2. The Hall–Kier alpha value is -3.55. The SMILES string of the molecule is COc1ccc(CN2Cc3nc(-c4ccc(N5CCCC5)nc4)oc3C2=O)c(OC)c1. The van der Waals surface area contributed by atoms with E-state index in [0.29, 0.717) is 41.9 Å². The summed E-state index contributed by atoms with van der Waals surface area (Å²) in [5.41, 5.74) is 2.31. The van der Waals surface area contributed by atoms with E-state index in [1.807, 2.05) is 30.3 Å². The van der Waals surface area contributed by atoms with Crippen LogP contribution in [0.4, 0.5) is 5.82 Å². The molecule has 0 aliphatic carbocycles. The minimum Gasteiger partial charge on any atom is -0.497 e. The lowest BCUT2D eigenvalue weighted by atomic mass is 10.2. The predicted octanol–water partition coefficient (Wildman–Crippen LogP) is 3.51. The Morgan fingerprint density at radius 2 is 1.94 bits per heavy atom. The maximum atomic E-state index is 12.9. The van der Waals surface area contributed by atoms with Gasteiger partial charge in [0, 0.05) is 30.9 Å². The van der Waals surface area contributed by atoms with Crippen molar-refractivity contribution in [2.24, 2.45) is 0 Å². The second-order valence-electron chi connectivity index (χ2n) is 7.73. The van der Waals surface area contributed by atoms with Crippen LogP contribution >= 0.6 is 0 Å². The van der Waals surface area contributed by atoms with E-state index in [0.717, 1.165) is 30.0 Å². The molecule has 1 amide bonds. The van der Waals surface area contributed by atoms with Crippen LogP contribution in [0.1, 0.15) is 34.7 Å². The fourth-order valence-electron chi connectivity index (χ4n) is 4.11. The summed E-state index contributed by atoms with van der Waals surface area (Å²) in [5.74, 6) is 2.90. The fourth-order valence-corrected chi connectivity index (χ4v) is 4.11. The molecule has 3 aromatic rings. The molecule has 4 heterocycles. The Balaban J connectivity index is 1.31. The molecular weight excluding hydrogens is 396 g/mol. The van der Waals surface area contributed by atoms with Gasteiger partial charge in [0.05, 0.1) is 32.9 Å². The quantitative estimate of drug-likeness (QED) is 0.604. The maximum Gasteiger partial charge on any atom is 0.292 e. The summed E-state index contributed by atoms with van der Waals surface area (Å²) >= 11 is 0. The number of fused-ring (bicyclic) bond motifs is 1. The number of rotatable bonds is 6. The Kier molecular flexibility index (Phi) is 4.97. The molecule has 0 saturated carbocycles. The van der Waals surface area contributed by atoms with Crippen LogP contribution in [0.25, 0.3) is 11.5 Å². The summed E-state index contributed by atoms with van der Waals surface area (Å²) in [5, 5.41) is 0. The molecule has 0 atom stereocenters. The third kappa shape index (κ3) is 3.58. The minimum atomic E-state index is -0.173. The van der Waals surface area contributed by atoms with Crippen molar-refractivity contribution in [3.05, 3.63) is 53.5 Å². The van der Waals surface area contributed by atoms with Gasteiger partial charge in [-0.05, 0) is 37.1 Å². The molecule has 0 spiro atoms. The van der Waals surface area contributed by atoms with E-state index in [1.165, 1.54) is 12.8 Å². The van der Waals surface area contributed by atoms with Gasteiger partial charge in [-0.3, -0.25) is 4.79 Å². The molecule has 0 N–H and O–H groups in total. The van der Waals surface area contributed by atoms with Gasteiger partial charge in [-0.15, -0.1) is 0 Å². The molecule has 2 aliphatic rings. The number of oxazole rings is 1. The number of hydrogen-bond donors (Lipinski definition) is 0. The minimum absolute atomic E-state index is 0.173. The van der Waals surface area contributed by atoms with E-state index in [-0.39, 0.29) is 5.91 Å². The highest BCUT2D eigenvalue weighted by atomic mass is 16.5. The van der Waals surface area contributed by atoms with Crippen LogP contribution in [0.2, 0.25) is 0 Å². The Labute approximate surface area is 180 Å². The van der Waals surface area contributed by atoms with Gasteiger partial charge in [-0.25, -0.2) is 9.97 Å². The smallest absolute Gasteiger partial charge is 0.292 e. The van der Waals surface area contributed by atoms with Gasteiger partial charge in [0.25, 0.3) is 5.91 Å². The first-order valence-electron chi connectivity index (χ1n) is 10.4. The first-order valence-corrected chi connectivity index (χ1v) is 10.4. The molecule has 5 rings (SSSR count). The number of hydrogen-bond acceptors (Lipinski definition) is 7. The number of methoxy groups -OCH3 is 2. The highest BCUT2D eigenvalue weighted by molar-refractivity contribution is 5.95. The molecule has 2 aromatic heterocycles. The van der Waals surface area contributed by atoms with E-state index in [4.69, 9.17) is 13.9 Å². The van der Waals surface area contributed by atoms with E-state index in [9.17, 15) is 4.79 Å². The zero-order valence-electron chi connectivity index (χ0n) is 17.6. The van der Waals surface area contributed by atoms with Gasteiger partial charge >= 0.3 is 0 Å². The van der Waals surface area contributed by atoms with Crippen molar-refractivity contribution < 1.29 is 18.7 Å². The van der Waals surface area contributed by atoms with Gasteiger partial charge in [0.15, 0.2) is 0 Å². The zero-order valence-corrected chi connectivity index (χ0v) is 17.6. The second-order valence-corrected chi connectivity index (χ2v) is 7.73. The number of aromatic nitrogens is 2. The summed E-state index contributed by atoms with van der Waals surface area (Å²) in [6.07, 6.45) is 4.17. The van der Waals surface area contributed by atoms with Crippen LogP contribution in [0, 0.1) is 0 Å². The number of anilines is 1. The molecule has 0 radical (unpaired) electrons. The molecule has 1 aromatic carbocycles. The summed E-state index contributed by atoms with van der Waals surface area (Å²) in [7, 11) is 3.21. The average Bonchev–Trinajstić information content (AvgIpc) is 3.54. The van der Waals surface area contributed by atoms with E-state index in [2.05, 4.69) is 14.9 Å². The molecule has 31 heavy (non-hydrogen) atoms. The molecule has 8 heteroatoms. The second kappa shape index (κ2) is 7.94. The normalized spacial score (nSPS) is 15.5. The van der Waals surface area contributed by atoms with Crippen molar-refractivity contribution in [1.82, 2.24) is 14.9 Å². The van der Waals surface area contributed by atoms with Gasteiger partial charge in [-0.2, -0.15) is 0 Å². The molecular formula is C23H24N4O4. The van der Waals surface area contributed by atoms with Crippen LogP contribution < -0.4 is 14.4 Å². The van der Waals surface area contributed by atoms with E-state index in [1.54, 1.807) is 25.3 Å². The first kappa shape index (κ1) is 19.4. The van der Waals surface area contributed by atoms with Crippen molar-refractivity contribution in [1.29, 1.82) is 0 Å². The molecule has 1 fully saturated rings. The third-order valence-corrected chi connectivity index (χ3v) is 5.80. The molecule has 0 unspecified atom stereocenters. The lowest BCUT2D eigenvalue weighted by Gasteiger charge is -2.18. The number of carbonyl (C=O) groups is 1. The number of carbonyl (C=O) groups excluding carboxylic acids is 1. The lowest BCUT2D eigenvalue weighted by molar-refractivity contribution is 0.0739. The van der Waals surface area contributed by atoms with Gasteiger partial charge in [-0.1, -0.05) is 0 Å². The summed E-state index contributed by atoms with van der Waals surface area (Å²) in [6, 6.07) is 9.50. The average molecular weight is 420 g/mol. The van der Waals surface area contributed by atoms with Crippen molar-refractivity contribution in [3.63, 3.8) is 0 Å². The van der Waals surface area contributed by atoms with Crippen molar-refractivity contribution >= 4 is 11.7 Å². The number of amides is 1. The highest BCUT2D eigenvalue weighted by Gasteiger charge is 2.34. The molecule has 8 nitrogen and oxygen atoms in total. The Bertz CT molecular complexity index is 1100. The third-order valence-electron chi connectivity index (χ3n) is 5.80. The standard InChI is InChI=1S/C23H24N4O4/c1-29-17-7-5-16(19(11-17)30-2)13-27-14-18-21(23(27)28)31-22(25-18)15-6-8-20(24-12-15)26-9-3-4-10-26/h5-8,11-12H,3-4,9-10,13-14H2,1-2H3. The molecule has 160 valence electrons. The number of benzene rings is 1. The van der Waals surface area contributed by atoms with Crippen LogP contribution in [0.3, 0.4) is 0 Å². The highest BCUT2D eigenvalue weighted by Crippen LogP contribution is 2.32. The summed E-state index contributed by atoms with van der Waals surface area (Å²) in [6.45, 7) is 2.89. The van der Waals surface area contributed by atoms with E-state index >= 15 is 0 Å². The largest absolute Gasteiger partial charge is 0.497 e. The summed E-state index contributed by atoms with van der Waals surface area (Å²) in [4.78, 5) is 26.0. The number of ether oxygens (including phenoxy) is 2. The maximum absolute atomic E-state index is 12.9. The molecule has 1 saturated heterocycles. The Morgan fingerprint density at radius 3 is 2.61 bits per heavy atom. The fraction of sp³-hybridized carbons (Fsp3) is 0.348. The monoisotopic (exact) mass is 420 g/mol. The van der Waals surface area contributed by atoms with Crippen molar-refractivity contribution in [3.8, 4) is 23.0 Å². The van der Waals surface area contributed by atoms with Crippen LogP contribution in [0.5, 0.6) is 11.5 Å².